The van der Waals surface area contributed by atoms with Gasteiger partial charge in [0.15, 0.2) is 6.10 Å². The summed E-state index contributed by atoms with van der Waals surface area (Å²) in [5.74, 6) is -0.416. The van der Waals surface area contributed by atoms with Gasteiger partial charge in [0, 0.05) is 19.4 Å². The van der Waals surface area contributed by atoms with Gasteiger partial charge in [-0.2, -0.15) is 0 Å². The fraction of sp³-hybridized carbons (Fsp3) is 0.754. The third-order valence-corrected chi connectivity index (χ3v) is 12.9. The Balaban J connectivity index is 4.29. The summed E-state index contributed by atoms with van der Waals surface area (Å²) >= 11 is 0. The Labute approximate surface area is 435 Å². The molecule has 5 nitrogen and oxygen atoms in total. The molecule has 1 unspecified atom stereocenters. The van der Waals surface area contributed by atoms with Crippen molar-refractivity contribution in [3.05, 3.63) is 85.1 Å². The van der Waals surface area contributed by atoms with Crippen LogP contribution >= 0.6 is 0 Å². The van der Waals surface area contributed by atoms with Gasteiger partial charge in [-0.1, -0.05) is 247 Å². The summed E-state index contributed by atoms with van der Waals surface area (Å²) in [4.78, 5) is 25.6. The number of unbranched alkanes of at least 4 members (excludes halogenated alkanes) is 30. The quantitative estimate of drug-likeness (QED) is 0.0345. The lowest BCUT2D eigenvalue weighted by Gasteiger charge is -2.18. The Morgan fingerprint density at radius 1 is 0.329 bits per heavy atom. The van der Waals surface area contributed by atoms with Crippen molar-refractivity contribution >= 4 is 11.9 Å². The van der Waals surface area contributed by atoms with Gasteiger partial charge < -0.3 is 14.2 Å². The molecule has 404 valence electrons. The van der Waals surface area contributed by atoms with Crippen LogP contribution in [0.3, 0.4) is 0 Å². The van der Waals surface area contributed by atoms with Crippen molar-refractivity contribution in [1.29, 1.82) is 0 Å². The summed E-state index contributed by atoms with van der Waals surface area (Å²) in [5.41, 5.74) is 0. The van der Waals surface area contributed by atoms with Crippen LogP contribution in [0.15, 0.2) is 85.1 Å². The standard InChI is InChI=1S/C65H114O5/c1-4-7-10-13-16-19-22-25-28-30-32-34-36-39-42-45-48-51-54-57-60-68-61-63(70-65(67)59-56-53-50-47-44-41-37-27-24-21-18-15-12-9-6-3)62-69-64(66)58-55-52-49-46-43-40-38-35-33-31-29-26-23-20-17-14-11-8-5-2/h9,12,16-21,25-29,37,63H,4-8,10-11,13-15,22-24,30-36,38-62H2,1-3H3/b12-9-,19-16-,20-17-,21-18-,28-25-,29-26-,37-27-. The van der Waals surface area contributed by atoms with Crippen molar-refractivity contribution in [2.75, 3.05) is 19.8 Å². The predicted octanol–water partition coefficient (Wildman–Crippen LogP) is 20.8. The Morgan fingerprint density at radius 3 is 1.03 bits per heavy atom. The zero-order chi connectivity index (χ0) is 50.6. The number of allylic oxidation sites excluding steroid dienone is 14. The number of carbonyl (C=O) groups excluding carboxylic acids is 2. The first-order valence-electron chi connectivity index (χ1n) is 30.1. The molecular formula is C65H114O5. The van der Waals surface area contributed by atoms with Crippen LogP contribution in [0.2, 0.25) is 0 Å². The maximum absolute atomic E-state index is 12.9. The van der Waals surface area contributed by atoms with Crippen LogP contribution in [0.4, 0.5) is 0 Å². The maximum atomic E-state index is 12.9. The van der Waals surface area contributed by atoms with Gasteiger partial charge in [0.05, 0.1) is 6.61 Å². The van der Waals surface area contributed by atoms with Crippen molar-refractivity contribution in [3.63, 3.8) is 0 Å². The topological polar surface area (TPSA) is 61.8 Å². The molecule has 0 bridgehead atoms. The third kappa shape index (κ3) is 57.7. The van der Waals surface area contributed by atoms with Gasteiger partial charge in [0.25, 0.3) is 0 Å². The highest BCUT2D eigenvalue weighted by Gasteiger charge is 2.17. The van der Waals surface area contributed by atoms with Crippen LogP contribution in [0.25, 0.3) is 0 Å². The number of esters is 2. The Kier molecular flexibility index (Phi) is 57.9. The SMILES string of the molecule is CC/C=C\C/C=C\C/C=C\CCCCCCCC(=O)OC(COCCCCCCCCCCCC/C=C\C/C=C\CCCCC)COC(=O)CCCCCCCCCCC/C=C\C/C=C\CCCCC. The lowest BCUT2D eigenvalue weighted by atomic mass is 10.1. The van der Waals surface area contributed by atoms with Crippen molar-refractivity contribution in [2.24, 2.45) is 0 Å². The molecule has 0 spiro atoms. The molecule has 1 atom stereocenters. The number of carbonyl (C=O) groups is 2. The van der Waals surface area contributed by atoms with Crippen LogP contribution < -0.4 is 0 Å². The van der Waals surface area contributed by atoms with E-state index in [1.807, 2.05) is 0 Å². The van der Waals surface area contributed by atoms with E-state index < -0.39 is 6.10 Å². The largest absolute Gasteiger partial charge is 0.462 e. The Bertz CT molecular complexity index is 1290. The third-order valence-electron chi connectivity index (χ3n) is 12.9. The summed E-state index contributed by atoms with van der Waals surface area (Å²) in [6.45, 7) is 7.67. The molecule has 0 radical (unpaired) electrons. The lowest BCUT2D eigenvalue weighted by Crippen LogP contribution is -2.30. The van der Waals surface area contributed by atoms with Gasteiger partial charge in [0.1, 0.15) is 6.61 Å². The summed E-state index contributed by atoms with van der Waals surface area (Å²) in [5, 5.41) is 0. The second kappa shape index (κ2) is 60.4. The van der Waals surface area contributed by atoms with E-state index in [4.69, 9.17) is 14.2 Å². The molecule has 0 saturated heterocycles. The molecule has 0 aromatic carbocycles. The molecule has 0 aliphatic rings. The molecule has 0 aliphatic heterocycles. The minimum Gasteiger partial charge on any atom is -0.462 e. The molecule has 0 saturated carbocycles. The normalized spacial score (nSPS) is 12.8. The minimum atomic E-state index is -0.553. The molecule has 0 N–H and O–H groups in total. The van der Waals surface area contributed by atoms with Gasteiger partial charge in [-0.05, 0) is 116 Å². The van der Waals surface area contributed by atoms with Crippen LogP contribution in [-0.2, 0) is 23.8 Å². The highest BCUT2D eigenvalue weighted by atomic mass is 16.6. The van der Waals surface area contributed by atoms with Gasteiger partial charge >= 0.3 is 11.9 Å². The number of hydrogen-bond acceptors (Lipinski definition) is 5. The van der Waals surface area contributed by atoms with E-state index >= 15 is 0 Å². The zero-order valence-electron chi connectivity index (χ0n) is 46.5. The fourth-order valence-electron chi connectivity index (χ4n) is 8.41. The molecule has 0 aromatic heterocycles. The predicted molar refractivity (Wildman–Crippen MR) is 307 cm³/mol. The summed E-state index contributed by atoms with van der Waals surface area (Å²) in [6.07, 6.45) is 80.4. The minimum absolute atomic E-state index is 0.0727. The molecular weight excluding hydrogens is 861 g/mol. The Morgan fingerprint density at radius 2 is 0.643 bits per heavy atom. The lowest BCUT2D eigenvalue weighted by molar-refractivity contribution is -0.163. The molecule has 0 amide bonds. The molecule has 70 heavy (non-hydrogen) atoms. The van der Waals surface area contributed by atoms with Crippen LogP contribution in [0.1, 0.15) is 290 Å². The average Bonchev–Trinajstić information content (AvgIpc) is 3.36. The van der Waals surface area contributed by atoms with E-state index in [1.54, 1.807) is 0 Å². The van der Waals surface area contributed by atoms with Gasteiger partial charge in [0.2, 0.25) is 0 Å². The van der Waals surface area contributed by atoms with Crippen molar-refractivity contribution < 1.29 is 23.8 Å². The fourth-order valence-corrected chi connectivity index (χ4v) is 8.41. The van der Waals surface area contributed by atoms with E-state index in [0.717, 1.165) is 83.5 Å². The molecule has 5 heteroatoms. The van der Waals surface area contributed by atoms with E-state index in [2.05, 4.69) is 106 Å². The summed E-state index contributed by atoms with van der Waals surface area (Å²) < 4.78 is 17.5. The van der Waals surface area contributed by atoms with Gasteiger partial charge in [-0.15, -0.1) is 0 Å². The van der Waals surface area contributed by atoms with Gasteiger partial charge in [-0.25, -0.2) is 0 Å². The summed E-state index contributed by atoms with van der Waals surface area (Å²) in [6, 6.07) is 0. The molecule has 0 aliphatic carbocycles. The number of ether oxygens (including phenoxy) is 3. The van der Waals surface area contributed by atoms with Gasteiger partial charge in [-0.3, -0.25) is 9.59 Å². The van der Waals surface area contributed by atoms with Crippen LogP contribution in [0.5, 0.6) is 0 Å². The second-order valence-corrected chi connectivity index (χ2v) is 19.9. The monoisotopic (exact) mass is 975 g/mol. The average molecular weight is 976 g/mol. The van der Waals surface area contributed by atoms with Crippen molar-refractivity contribution in [3.8, 4) is 0 Å². The van der Waals surface area contributed by atoms with Crippen molar-refractivity contribution in [2.45, 2.75) is 297 Å². The molecule has 0 rings (SSSR count). The summed E-state index contributed by atoms with van der Waals surface area (Å²) in [7, 11) is 0. The second-order valence-electron chi connectivity index (χ2n) is 19.9. The number of rotatable bonds is 55. The highest BCUT2D eigenvalue weighted by Crippen LogP contribution is 2.15. The first-order valence-corrected chi connectivity index (χ1v) is 30.1. The molecule has 0 aromatic rings. The maximum Gasteiger partial charge on any atom is 0.306 e. The molecule has 0 heterocycles. The van der Waals surface area contributed by atoms with E-state index in [0.29, 0.717) is 19.4 Å². The van der Waals surface area contributed by atoms with E-state index in [-0.39, 0.29) is 25.2 Å². The molecule has 0 fully saturated rings. The van der Waals surface area contributed by atoms with E-state index in [9.17, 15) is 9.59 Å². The van der Waals surface area contributed by atoms with Crippen molar-refractivity contribution in [1.82, 2.24) is 0 Å². The van der Waals surface area contributed by atoms with Crippen LogP contribution in [0, 0.1) is 0 Å². The smallest absolute Gasteiger partial charge is 0.306 e. The first kappa shape index (κ1) is 67.1. The zero-order valence-corrected chi connectivity index (χ0v) is 46.5. The highest BCUT2D eigenvalue weighted by molar-refractivity contribution is 5.70. The van der Waals surface area contributed by atoms with E-state index in [1.165, 1.54) is 173 Å². The first-order chi connectivity index (χ1) is 34.6. The van der Waals surface area contributed by atoms with Crippen LogP contribution in [-0.4, -0.2) is 37.9 Å². The Hall–Kier alpha value is -2.92. The number of hydrogen-bond donors (Lipinski definition) is 0.